The summed E-state index contributed by atoms with van der Waals surface area (Å²) in [6.45, 7) is 0. The maximum absolute atomic E-state index is 12.2. The third-order valence-electron chi connectivity index (χ3n) is 5.54. The van der Waals surface area contributed by atoms with Crippen molar-refractivity contribution in [3.8, 4) is 0 Å². The second kappa shape index (κ2) is 13.0. The van der Waals surface area contributed by atoms with Crippen LogP contribution in [0.15, 0.2) is 30.3 Å². The first-order chi connectivity index (χ1) is 13.6. The number of hydrogen-bond acceptors (Lipinski definition) is 4. The molecule has 0 radical (unpaired) electrons. The summed E-state index contributed by atoms with van der Waals surface area (Å²) in [5.74, 6) is 0.481. The number of benzene rings is 1. The molecule has 1 aromatic rings. The zero-order valence-electron chi connectivity index (χ0n) is 16.7. The Balaban J connectivity index is 1.60. The molecule has 156 valence electrons. The van der Waals surface area contributed by atoms with Crippen LogP contribution in [0.5, 0.6) is 0 Å². The molecule has 0 amide bonds. The number of aliphatic hydroxyl groups is 1. The number of aryl methyl sites for hydroxylation is 1. The van der Waals surface area contributed by atoms with Gasteiger partial charge in [-0.25, -0.2) is 0 Å². The van der Waals surface area contributed by atoms with Crippen LogP contribution in [0.4, 0.5) is 0 Å². The summed E-state index contributed by atoms with van der Waals surface area (Å²) in [6.07, 6.45) is 8.86. The van der Waals surface area contributed by atoms with Gasteiger partial charge in [0.05, 0.1) is 6.10 Å². The molecule has 5 heteroatoms. The third kappa shape index (κ3) is 8.78. The van der Waals surface area contributed by atoms with Crippen LogP contribution >= 0.6 is 11.8 Å². The van der Waals surface area contributed by atoms with Crippen molar-refractivity contribution in [1.29, 1.82) is 0 Å². The smallest absolute Gasteiger partial charge is 0.303 e. The predicted molar refractivity (Wildman–Crippen MR) is 115 cm³/mol. The molecular weight excluding hydrogens is 372 g/mol. The highest BCUT2D eigenvalue weighted by Gasteiger charge is 2.34. The quantitative estimate of drug-likeness (QED) is 0.431. The van der Waals surface area contributed by atoms with Gasteiger partial charge in [0.15, 0.2) is 0 Å². The van der Waals surface area contributed by atoms with Gasteiger partial charge in [-0.1, -0.05) is 49.6 Å². The fraction of sp³-hybridized carbons (Fsp3) is 0.652. The number of aliphatic carboxylic acids is 1. The zero-order chi connectivity index (χ0) is 20.2. The lowest BCUT2D eigenvalue weighted by Gasteiger charge is -2.20. The molecule has 3 unspecified atom stereocenters. The van der Waals surface area contributed by atoms with Crippen molar-refractivity contribution in [3.63, 3.8) is 0 Å². The fourth-order valence-corrected chi connectivity index (χ4v) is 5.36. The van der Waals surface area contributed by atoms with E-state index in [4.69, 9.17) is 5.11 Å². The molecule has 1 saturated carbocycles. The Morgan fingerprint density at radius 1 is 1.11 bits per heavy atom. The van der Waals surface area contributed by atoms with Crippen molar-refractivity contribution in [1.82, 2.24) is 0 Å². The van der Waals surface area contributed by atoms with Crippen molar-refractivity contribution in [3.05, 3.63) is 35.9 Å². The molecule has 28 heavy (non-hydrogen) atoms. The van der Waals surface area contributed by atoms with Crippen molar-refractivity contribution in [2.75, 3.05) is 5.75 Å². The van der Waals surface area contributed by atoms with Crippen molar-refractivity contribution >= 4 is 23.5 Å². The van der Waals surface area contributed by atoms with Crippen LogP contribution in [0.1, 0.15) is 69.8 Å². The minimum Gasteiger partial charge on any atom is -0.481 e. The number of carbonyl (C=O) groups is 2. The Labute approximate surface area is 173 Å². The number of ketones is 1. The first kappa shape index (κ1) is 23.0. The van der Waals surface area contributed by atoms with Gasteiger partial charge in [0.1, 0.15) is 5.78 Å². The summed E-state index contributed by atoms with van der Waals surface area (Å²) in [5.41, 5.74) is 1.31. The average Bonchev–Trinajstić information content (AvgIpc) is 3.03. The minimum absolute atomic E-state index is 0.126. The van der Waals surface area contributed by atoms with Gasteiger partial charge in [-0.05, 0) is 44.1 Å². The normalized spacial score (nSPS) is 20.4. The number of thioether (sulfide) groups is 1. The lowest BCUT2D eigenvalue weighted by Crippen LogP contribution is -2.20. The zero-order valence-corrected chi connectivity index (χ0v) is 17.5. The van der Waals surface area contributed by atoms with Crippen molar-refractivity contribution in [2.24, 2.45) is 5.92 Å². The number of aliphatic hydroxyl groups excluding tert-OH is 1. The molecule has 0 heterocycles. The van der Waals surface area contributed by atoms with Gasteiger partial charge < -0.3 is 10.2 Å². The van der Waals surface area contributed by atoms with Gasteiger partial charge in [-0.3, -0.25) is 9.59 Å². The average molecular weight is 407 g/mol. The van der Waals surface area contributed by atoms with Gasteiger partial charge in [0.25, 0.3) is 0 Å². The minimum atomic E-state index is -0.732. The molecular formula is C23H34O4S. The number of hydrogen-bond donors (Lipinski definition) is 2. The Bertz CT molecular complexity index is 590. The number of unbranched alkanes of at least 4 members (excludes halogenated alkanes) is 3. The molecule has 1 aliphatic rings. The van der Waals surface area contributed by atoms with Crippen LogP contribution in [0, 0.1) is 5.92 Å². The fourth-order valence-electron chi connectivity index (χ4n) is 3.92. The van der Waals surface area contributed by atoms with Crippen molar-refractivity contribution in [2.45, 2.75) is 82.0 Å². The molecule has 3 atom stereocenters. The van der Waals surface area contributed by atoms with E-state index in [1.165, 1.54) is 5.56 Å². The number of Topliss-reactive ketones (excluding diaryl/α,β-unsaturated/α-hetero) is 1. The molecule has 0 saturated heterocycles. The number of carboxylic acid groups (broad SMARTS) is 1. The molecule has 2 rings (SSSR count). The van der Waals surface area contributed by atoms with Crippen LogP contribution < -0.4 is 0 Å². The molecule has 1 aliphatic carbocycles. The van der Waals surface area contributed by atoms with E-state index in [2.05, 4.69) is 12.1 Å². The summed E-state index contributed by atoms with van der Waals surface area (Å²) in [5, 5.41) is 19.3. The molecule has 0 bridgehead atoms. The summed E-state index contributed by atoms with van der Waals surface area (Å²) >= 11 is 1.77. The maximum Gasteiger partial charge on any atom is 0.303 e. The van der Waals surface area contributed by atoms with E-state index in [1.54, 1.807) is 11.8 Å². The van der Waals surface area contributed by atoms with Crippen LogP contribution in [-0.4, -0.2) is 39.1 Å². The summed E-state index contributed by atoms with van der Waals surface area (Å²) in [4.78, 5) is 22.7. The molecule has 1 aromatic carbocycles. The van der Waals surface area contributed by atoms with E-state index in [0.717, 1.165) is 57.8 Å². The van der Waals surface area contributed by atoms with Crippen LogP contribution in [0.2, 0.25) is 0 Å². The Morgan fingerprint density at radius 3 is 2.61 bits per heavy atom. The Hall–Kier alpha value is -1.33. The maximum atomic E-state index is 12.2. The number of carboxylic acids is 1. The Kier molecular flexibility index (Phi) is 10.7. The van der Waals surface area contributed by atoms with E-state index in [-0.39, 0.29) is 18.4 Å². The van der Waals surface area contributed by atoms with E-state index < -0.39 is 5.97 Å². The van der Waals surface area contributed by atoms with E-state index in [9.17, 15) is 14.7 Å². The molecule has 4 nitrogen and oxygen atoms in total. The molecule has 0 spiro atoms. The molecule has 0 aromatic heterocycles. The molecule has 1 fully saturated rings. The SMILES string of the molecule is O=C(O)CCCCCCC1C(=O)CCC1SCC(O)CCCc1ccccc1. The van der Waals surface area contributed by atoms with Crippen LogP contribution in [-0.2, 0) is 16.0 Å². The Morgan fingerprint density at radius 2 is 1.86 bits per heavy atom. The highest BCUT2D eigenvalue weighted by atomic mass is 32.2. The monoisotopic (exact) mass is 406 g/mol. The van der Waals surface area contributed by atoms with Gasteiger partial charge >= 0.3 is 5.97 Å². The van der Waals surface area contributed by atoms with Crippen LogP contribution in [0.25, 0.3) is 0 Å². The first-order valence-electron chi connectivity index (χ1n) is 10.6. The highest BCUT2D eigenvalue weighted by molar-refractivity contribution is 8.00. The van der Waals surface area contributed by atoms with Crippen LogP contribution in [0.3, 0.4) is 0 Å². The van der Waals surface area contributed by atoms with Gasteiger partial charge in [0, 0.05) is 29.8 Å². The lowest BCUT2D eigenvalue weighted by molar-refractivity contribution is -0.137. The second-order valence-electron chi connectivity index (χ2n) is 7.86. The lowest BCUT2D eigenvalue weighted by atomic mass is 9.98. The second-order valence-corrected chi connectivity index (χ2v) is 9.13. The van der Waals surface area contributed by atoms with Gasteiger partial charge in [-0.2, -0.15) is 11.8 Å². The summed E-state index contributed by atoms with van der Waals surface area (Å²) < 4.78 is 0. The summed E-state index contributed by atoms with van der Waals surface area (Å²) in [7, 11) is 0. The summed E-state index contributed by atoms with van der Waals surface area (Å²) in [6, 6.07) is 10.4. The van der Waals surface area contributed by atoms with Crippen molar-refractivity contribution < 1.29 is 19.8 Å². The molecule has 0 aliphatic heterocycles. The largest absolute Gasteiger partial charge is 0.481 e. The number of rotatable bonds is 14. The third-order valence-corrected chi connectivity index (χ3v) is 7.11. The van der Waals surface area contributed by atoms with E-state index in [1.807, 2.05) is 18.2 Å². The van der Waals surface area contributed by atoms with Gasteiger partial charge in [-0.15, -0.1) is 0 Å². The first-order valence-corrected chi connectivity index (χ1v) is 11.7. The number of carbonyl (C=O) groups excluding carboxylic acids is 1. The predicted octanol–water partition coefficient (Wildman–Crippen LogP) is 4.88. The van der Waals surface area contributed by atoms with E-state index in [0.29, 0.717) is 23.2 Å². The molecule has 2 N–H and O–H groups in total. The highest BCUT2D eigenvalue weighted by Crippen LogP contribution is 2.36. The van der Waals surface area contributed by atoms with E-state index >= 15 is 0 Å². The topological polar surface area (TPSA) is 74.6 Å². The standard InChI is InChI=1S/C23H34O4S/c24-19(12-8-11-18-9-4-3-5-10-18)17-28-22-16-15-21(25)20(22)13-6-1-2-7-14-23(26)27/h3-5,9-10,19-20,22,24H,1-2,6-8,11-17H2,(H,26,27). The van der Waals surface area contributed by atoms with Gasteiger partial charge in [0.2, 0.25) is 0 Å².